The highest BCUT2D eigenvalue weighted by Gasteiger charge is 2.21. The Bertz CT molecular complexity index is 1030. The smallest absolute Gasteiger partial charge is 0.324 e. The van der Waals surface area contributed by atoms with Gasteiger partial charge in [0.15, 0.2) is 0 Å². The second kappa shape index (κ2) is 7.59. The zero-order valence-corrected chi connectivity index (χ0v) is 14.9. The van der Waals surface area contributed by atoms with E-state index in [4.69, 9.17) is 4.52 Å². The molecule has 1 N–H and O–H groups in total. The predicted octanol–water partition coefficient (Wildman–Crippen LogP) is 3.49. The van der Waals surface area contributed by atoms with E-state index in [0.717, 1.165) is 12.8 Å². The summed E-state index contributed by atoms with van der Waals surface area (Å²) < 4.78 is 19.0. The Morgan fingerprint density at radius 3 is 2.64 bits per heavy atom. The summed E-state index contributed by atoms with van der Waals surface area (Å²) in [5.74, 6) is -0.700. The molecular weight excluding hydrogens is 363 g/mol. The van der Waals surface area contributed by atoms with Crippen molar-refractivity contribution < 1.29 is 18.5 Å². The van der Waals surface area contributed by atoms with Crippen molar-refractivity contribution in [3.63, 3.8) is 0 Å². The minimum atomic E-state index is -0.503. The highest BCUT2D eigenvalue weighted by Crippen LogP contribution is 2.24. The minimum absolute atomic E-state index is 0.0483. The van der Waals surface area contributed by atoms with E-state index in [0.29, 0.717) is 24.2 Å². The molecule has 0 radical (unpaired) electrons. The maximum Gasteiger partial charge on any atom is 0.324 e. The Morgan fingerprint density at radius 1 is 1.07 bits per heavy atom. The van der Waals surface area contributed by atoms with Gasteiger partial charge in [-0.25, -0.2) is 9.18 Å². The fourth-order valence-corrected chi connectivity index (χ4v) is 3.05. The van der Waals surface area contributed by atoms with Crippen LogP contribution in [0.1, 0.15) is 23.2 Å². The fourth-order valence-electron chi connectivity index (χ4n) is 3.05. The molecule has 3 amide bonds. The quantitative estimate of drug-likeness (QED) is 0.751. The summed E-state index contributed by atoms with van der Waals surface area (Å²) in [4.78, 5) is 30.3. The first-order valence-corrected chi connectivity index (χ1v) is 8.91. The van der Waals surface area contributed by atoms with E-state index in [1.165, 1.54) is 6.07 Å². The van der Waals surface area contributed by atoms with Gasteiger partial charge in [-0.2, -0.15) is 4.98 Å². The molecule has 1 fully saturated rings. The molecule has 0 bridgehead atoms. The fraction of sp³-hybridized carbons (Fsp3) is 0.200. The molecule has 1 aliphatic rings. The van der Waals surface area contributed by atoms with Gasteiger partial charge in [0.1, 0.15) is 5.82 Å². The van der Waals surface area contributed by atoms with Crippen molar-refractivity contribution in [2.75, 3.05) is 13.1 Å². The van der Waals surface area contributed by atoms with Gasteiger partial charge in [-0.3, -0.25) is 10.1 Å². The van der Waals surface area contributed by atoms with Crippen molar-refractivity contribution in [1.29, 1.82) is 0 Å². The highest BCUT2D eigenvalue weighted by molar-refractivity contribution is 6.04. The van der Waals surface area contributed by atoms with Gasteiger partial charge in [-0.05, 0) is 37.1 Å². The maximum absolute atomic E-state index is 13.9. The van der Waals surface area contributed by atoms with E-state index in [-0.39, 0.29) is 17.3 Å². The number of amides is 3. The normalized spacial score (nSPS) is 13.5. The number of halogens is 1. The molecule has 0 atom stereocenters. The molecule has 1 aromatic heterocycles. The zero-order valence-electron chi connectivity index (χ0n) is 14.9. The minimum Gasteiger partial charge on any atom is -0.334 e. The third-order valence-corrected chi connectivity index (χ3v) is 4.53. The molecule has 3 aromatic rings. The number of imide groups is 1. The van der Waals surface area contributed by atoms with E-state index in [9.17, 15) is 14.0 Å². The van der Waals surface area contributed by atoms with Gasteiger partial charge < -0.3 is 9.42 Å². The van der Waals surface area contributed by atoms with Gasteiger partial charge in [0.05, 0.1) is 5.56 Å². The molecule has 28 heavy (non-hydrogen) atoms. The summed E-state index contributed by atoms with van der Waals surface area (Å²) >= 11 is 0. The molecular formula is C20H17FN4O3. The van der Waals surface area contributed by atoms with Crippen LogP contribution in [0.3, 0.4) is 0 Å². The second-order valence-electron chi connectivity index (χ2n) is 6.44. The number of carbonyl (C=O) groups excluding carboxylic acids is 2. The van der Waals surface area contributed by atoms with Crippen molar-refractivity contribution in [3.05, 3.63) is 59.9 Å². The summed E-state index contributed by atoms with van der Waals surface area (Å²) in [5, 5.41) is 6.26. The Labute approximate surface area is 160 Å². The van der Waals surface area contributed by atoms with E-state index >= 15 is 0 Å². The standard InChI is InChI=1S/C20H17FN4O3/c21-16-9-2-1-8-15(16)19-22-17(24-28-19)13-6-5-7-14(12-13)18(26)23-20(27)25-10-3-4-11-25/h1-2,5-9,12H,3-4,10-11H2,(H,23,26,27). The number of likely N-dealkylation sites (tertiary alicyclic amines) is 1. The summed E-state index contributed by atoms with van der Waals surface area (Å²) in [6.45, 7) is 1.31. The molecule has 142 valence electrons. The summed E-state index contributed by atoms with van der Waals surface area (Å²) in [6, 6.07) is 12.2. The van der Waals surface area contributed by atoms with Crippen LogP contribution >= 0.6 is 0 Å². The van der Waals surface area contributed by atoms with Crippen molar-refractivity contribution in [2.45, 2.75) is 12.8 Å². The van der Waals surface area contributed by atoms with Gasteiger partial charge >= 0.3 is 6.03 Å². The summed E-state index contributed by atoms with van der Waals surface area (Å²) in [7, 11) is 0. The first-order valence-electron chi connectivity index (χ1n) is 8.91. The number of urea groups is 1. The highest BCUT2D eigenvalue weighted by atomic mass is 19.1. The molecule has 2 aromatic carbocycles. The van der Waals surface area contributed by atoms with E-state index in [1.807, 2.05) is 0 Å². The van der Waals surface area contributed by atoms with Crippen LogP contribution in [-0.2, 0) is 0 Å². The largest absolute Gasteiger partial charge is 0.334 e. The molecule has 7 nitrogen and oxygen atoms in total. The Morgan fingerprint density at radius 2 is 1.86 bits per heavy atom. The van der Waals surface area contributed by atoms with Crippen LogP contribution in [0.2, 0.25) is 0 Å². The average Bonchev–Trinajstić information content (AvgIpc) is 3.41. The number of hydrogen-bond donors (Lipinski definition) is 1. The number of benzene rings is 2. The lowest BCUT2D eigenvalue weighted by Crippen LogP contribution is -2.41. The second-order valence-corrected chi connectivity index (χ2v) is 6.44. The SMILES string of the molecule is O=C(NC(=O)N1CCCC1)c1cccc(-c2noc(-c3ccccc3F)n2)c1. The predicted molar refractivity (Wildman–Crippen MR) is 98.8 cm³/mol. The summed E-state index contributed by atoms with van der Waals surface area (Å²) in [5.41, 5.74) is 1.02. The Balaban J connectivity index is 1.53. The summed E-state index contributed by atoms with van der Waals surface area (Å²) in [6.07, 6.45) is 1.89. The zero-order chi connectivity index (χ0) is 19.5. The van der Waals surface area contributed by atoms with Crippen molar-refractivity contribution >= 4 is 11.9 Å². The van der Waals surface area contributed by atoms with Crippen LogP contribution in [-0.4, -0.2) is 40.1 Å². The van der Waals surface area contributed by atoms with E-state index in [1.54, 1.807) is 47.4 Å². The third-order valence-electron chi connectivity index (χ3n) is 4.53. The molecule has 0 saturated carbocycles. The lowest BCUT2D eigenvalue weighted by Gasteiger charge is -2.15. The Kier molecular flexibility index (Phi) is 4.84. The maximum atomic E-state index is 13.9. The van der Waals surface area contributed by atoms with Crippen LogP contribution in [0.25, 0.3) is 22.8 Å². The van der Waals surface area contributed by atoms with Gasteiger partial charge in [0, 0.05) is 24.2 Å². The number of rotatable bonds is 3. The van der Waals surface area contributed by atoms with Crippen LogP contribution in [0, 0.1) is 5.82 Å². The molecule has 8 heteroatoms. The number of carbonyl (C=O) groups is 2. The number of aromatic nitrogens is 2. The first kappa shape index (κ1) is 17.8. The number of hydrogen-bond acceptors (Lipinski definition) is 5. The third kappa shape index (κ3) is 3.62. The van der Waals surface area contributed by atoms with Crippen LogP contribution in [0.4, 0.5) is 9.18 Å². The first-order chi connectivity index (χ1) is 13.6. The molecule has 1 saturated heterocycles. The number of nitrogens with one attached hydrogen (secondary N) is 1. The van der Waals surface area contributed by atoms with Crippen LogP contribution < -0.4 is 5.32 Å². The molecule has 2 heterocycles. The molecule has 0 unspecified atom stereocenters. The number of nitrogens with zero attached hydrogens (tertiary/aromatic N) is 3. The van der Waals surface area contributed by atoms with Gasteiger partial charge in [-0.15, -0.1) is 0 Å². The Hall–Kier alpha value is -3.55. The lowest BCUT2D eigenvalue weighted by atomic mass is 10.1. The lowest BCUT2D eigenvalue weighted by molar-refractivity contribution is 0.0954. The average molecular weight is 380 g/mol. The van der Waals surface area contributed by atoms with E-state index < -0.39 is 17.8 Å². The topological polar surface area (TPSA) is 88.3 Å². The molecule has 1 aliphatic heterocycles. The van der Waals surface area contributed by atoms with Gasteiger partial charge in [-0.1, -0.05) is 29.4 Å². The van der Waals surface area contributed by atoms with E-state index in [2.05, 4.69) is 15.5 Å². The van der Waals surface area contributed by atoms with Gasteiger partial charge in [0.2, 0.25) is 5.82 Å². The van der Waals surface area contributed by atoms with Crippen molar-refractivity contribution in [3.8, 4) is 22.8 Å². The van der Waals surface area contributed by atoms with Crippen LogP contribution in [0.15, 0.2) is 53.1 Å². The van der Waals surface area contributed by atoms with Gasteiger partial charge in [0.25, 0.3) is 11.8 Å². The molecule has 4 rings (SSSR count). The van der Waals surface area contributed by atoms with Crippen molar-refractivity contribution in [2.24, 2.45) is 0 Å². The van der Waals surface area contributed by atoms with Crippen LogP contribution in [0.5, 0.6) is 0 Å². The van der Waals surface area contributed by atoms with Crippen molar-refractivity contribution in [1.82, 2.24) is 20.4 Å². The molecule has 0 aliphatic carbocycles. The monoisotopic (exact) mass is 380 g/mol. The molecule has 0 spiro atoms.